The Morgan fingerprint density at radius 2 is 1.38 bits per heavy atom. The van der Waals surface area contributed by atoms with Gasteiger partial charge in [0.15, 0.2) is 23.9 Å². The molecule has 8 heterocycles. The third kappa shape index (κ3) is 21.3. The average Bonchev–Trinajstić information content (AvgIpc) is 0.763. The minimum Gasteiger partial charge on any atom is -0.508 e. The Balaban J connectivity index is 1.01. The van der Waals surface area contributed by atoms with E-state index < -0.39 is 254 Å². The maximum atomic E-state index is 16.3. The second-order valence-corrected chi connectivity index (χ2v) is 32.3. The predicted octanol–water partition coefficient (Wildman–Crippen LogP) is 3.08. The van der Waals surface area contributed by atoms with E-state index in [2.05, 4.69) is 63.0 Å². The number of primary amides is 1. The minimum atomic E-state index is -3.52. The van der Waals surface area contributed by atoms with Gasteiger partial charge in [0.2, 0.25) is 53.4 Å². The third-order valence-electron chi connectivity index (χ3n) is 21.2. The number of nitrogens with zero attached hydrogens (tertiary/aromatic N) is 2. The number of hydrogen-bond donors (Lipinski definition) is 20. The molecule has 0 radical (unpaired) electrons. The lowest BCUT2D eigenvalue weighted by Gasteiger charge is -2.48. The van der Waals surface area contributed by atoms with E-state index in [1.807, 2.05) is 13.8 Å². The fraction of sp³-hybridized carbons (Fsp3) is 0.398. The first-order valence-electron chi connectivity index (χ1n) is 39.2. The van der Waals surface area contributed by atoms with Crippen LogP contribution in [0.3, 0.4) is 0 Å². The highest BCUT2D eigenvalue weighted by Crippen LogP contribution is 2.50. The maximum absolute atomic E-state index is 16.3. The third-order valence-corrected chi connectivity index (χ3v) is 21.8. The van der Waals surface area contributed by atoms with Crippen molar-refractivity contribution in [2.75, 3.05) is 33.1 Å². The van der Waals surface area contributed by atoms with Crippen LogP contribution in [0.2, 0.25) is 10.0 Å². The zero-order valence-corrected chi connectivity index (χ0v) is 69.5. The number of rotatable bonds is 21. The Labute approximate surface area is 721 Å². The van der Waals surface area contributed by atoms with Crippen molar-refractivity contribution in [3.05, 3.63) is 171 Å². The van der Waals surface area contributed by atoms with Crippen molar-refractivity contribution in [1.29, 1.82) is 0 Å². The van der Waals surface area contributed by atoms with Crippen molar-refractivity contribution in [2.24, 2.45) is 11.7 Å². The highest BCUT2D eigenvalue weighted by atomic mass is 35.5. The van der Waals surface area contributed by atoms with Gasteiger partial charge in [0.25, 0.3) is 11.8 Å². The molecule has 21 N–H and O–H groups in total. The Morgan fingerprint density at radius 3 is 2.02 bits per heavy atom. The number of hydrazine groups is 1. The fourth-order valence-electron chi connectivity index (χ4n) is 15.0. The fourth-order valence-corrected chi connectivity index (χ4v) is 15.5. The molecule has 11 bridgehead atoms. The summed E-state index contributed by atoms with van der Waals surface area (Å²) < 4.78 is 71.6. The summed E-state index contributed by atoms with van der Waals surface area (Å²) in [5.41, 5.74) is 4.82. The van der Waals surface area contributed by atoms with Gasteiger partial charge in [0, 0.05) is 80.9 Å². The van der Waals surface area contributed by atoms with Gasteiger partial charge in [-0.2, -0.15) is 8.78 Å². The number of phenols is 3. The van der Waals surface area contributed by atoms with Crippen LogP contribution in [0.1, 0.15) is 128 Å². The smallest absolute Gasteiger partial charge is 0.394 e. The molecule has 38 nitrogen and oxygen atoms in total. The van der Waals surface area contributed by atoms with Crippen LogP contribution in [0.25, 0.3) is 11.1 Å². The van der Waals surface area contributed by atoms with Crippen LogP contribution in [0, 0.1) is 5.92 Å². The van der Waals surface area contributed by atoms with E-state index in [9.17, 15) is 73.9 Å². The number of alkyl halides is 2. The van der Waals surface area contributed by atoms with Crippen LogP contribution in [0.4, 0.5) is 14.5 Å². The summed E-state index contributed by atoms with van der Waals surface area (Å²) in [5, 5.41) is 131. The molecule has 668 valence electrons. The van der Waals surface area contributed by atoms with E-state index in [-0.39, 0.29) is 64.7 Å². The van der Waals surface area contributed by atoms with Crippen LogP contribution >= 0.6 is 23.2 Å². The van der Waals surface area contributed by atoms with Crippen LogP contribution in [-0.4, -0.2) is 222 Å². The topological polar surface area (TPSA) is 563 Å². The largest absolute Gasteiger partial charge is 0.508 e. The molecule has 2 saturated heterocycles. The van der Waals surface area contributed by atoms with E-state index in [1.54, 1.807) is 6.92 Å². The zero-order chi connectivity index (χ0) is 90.7. The number of halogens is 4. The number of pyridine rings is 1. The molecule has 9 amide bonds. The van der Waals surface area contributed by atoms with Gasteiger partial charge in [-0.15, -0.1) is 0 Å². The number of nitrogens with one attached hydrogen (secondary N) is 10. The number of aromatic hydroxyl groups is 3. The van der Waals surface area contributed by atoms with Gasteiger partial charge < -0.3 is 133 Å². The van der Waals surface area contributed by atoms with E-state index in [0.29, 0.717) is 12.5 Å². The maximum Gasteiger partial charge on any atom is 0.394 e. The van der Waals surface area contributed by atoms with Crippen molar-refractivity contribution >= 4 is 82.1 Å². The van der Waals surface area contributed by atoms with Crippen molar-refractivity contribution in [1.82, 2.24) is 58.0 Å². The van der Waals surface area contributed by atoms with E-state index in [1.165, 1.54) is 87.9 Å². The van der Waals surface area contributed by atoms with Gasteiger partial charge in [0.1, 0.15) is 101 Å². The molecule has 0 aliphatic carbocycles. The summed E-state index contributed by atoms with van der Waals surface area (Å²) in [5.74, 6) is -16.2. The molecule has 18 atom stereocenters. The molecule has 42 heteroatoms. The number of nitrogens with two attached hydrogens (primary N) is 1. The second-order valence-electron chi connectivity index (χ2n) is 31.5. The molecule has 0 saturated carbocycles. The van der Waals surface area contributed by atoms with Crippen LogP contribution in [-0.2, 0) is 59.1 Å². The summed E-state index contributed by atoms with van der Waals surface area (Å²) in [6.07, 6.45) is -20.5. The molecule has 14 rings (SSSR count). The number of phenolic OH excluding ortho intramolecular Hbond substituents is 3. The number of aromatic nitrogens is 1. The predicted molar refractivity (Wildman–Crippen MR) is 436 cm³/mol. The molecular formula is C83H93Cl2F2N13O25. The van der Waals surface area contributed by atoms with Crippen molar-refractivity contribution in [3.63, 3.8) is 0 Å². The zero-order valence-electron chi connectivity index (χ0n) is 68.0. The summed E-state index contributed by atoms with van der Waals surface area (Å²) in [6.45, 7) is 6.11. The van der Waals surface area contributed by atoms with Gasteiger partial charge in [0.05, 0.1) is 46.9 Å². The van der Waals surface area contributed by atoms with E-state index in [0.717, 1.165) is 66.7 Å². The monoisotopic (exact) mass is 1780 g/mol. The second kappa shape index (κ2) is 38.4. The average molecular weight is 1780 g/mol. The van der Waals surface area contributed by atoms with Crippen molar-refractivity contribution in [2.45, 2.75) is 176 Å². The van der Waals surface area contributed by atoms with Crippen LogP contribution in [0.5, 0.6) is 51.7 Å². The summed E-state index contributed by atoms with van der Waals surface area (Å²) in [7, 11) is 4.28. The van der Waals surface area contributed by atoms with Crippen LogP contribution < -0.4 is 78.0 Å². The first kappa shape index (κ1) is 92.4. The molecule has 0 spiro atoms. The number of aliphatic hydroxyl groups is 6. The van der Waals surface area contributed by atoms with Gasteiger partial charge in [-0.1, -0.05) is 61.3 Å². The molecule has 1 aromatic heterocycles. The summed E-state index contributed by atoms with van der Waals surface area (Å²) in [4.78, 5) is 138. The van der Waals surface area contributed by atoms with Crippen molar-refractivity contribution in [3.8, 4) is 62.9 Å². The molecule has 7 aliphatic rings. The summed E-state index contributed by atoms with van der Waals surface area (Å²) >= 11 is 14.4. The van der Waals surface area contributed by atoms with Gasteiger partial charge in [-0.25, -0.2) is 5.01 Å². The number of carbonyl (C=O) groups is 9. The quantitative estimate of drug-likeness (QED) is 0.0460. The van der Waals surface area contributed by atoms with Gasteiger partial charge >= 0.3 is 6.11 Å². The Hall–Kier alpha value is -11.7. The van der Waals surface area contributed by atoms with Crippen LogP contribution in [0.15, 0.2) is 122 Å². The normalized spacial score (nSPS) is 26.1. The number of anilines is 1. The lowest BCUT2D eigenvalue weighted by atomic mass is 9.84. The Kier molecular flexibility index (Phi) is 28.4. The van der Waals surface area contributed by atoms with Gasteiger partial charge in [-0.3, -0.25) is 53.6 Å². The lowest BCUT2D eigenvalue weighted by Crippen LogP contribution is -2.65. The van der Waals surface area contributed by atoms with E-state index >= 15 is 24.0 Å². The molecule has 2 fully saturated rings. The van der Waals surface area contributed by atoms with E-state index in [4.69, 9.17) is 57.4 Å². The Morgan fingerprint density at radius 1 is 0.736 bits per heavy atom. The molecule has 7 aromatic rings. The number of likely N-dealkylation sites (N-methyl/N-ethyl adjacent to an activating group) is 1. The molecular weight excluding hydrogens is 1690 g/mol. The number of benzene rings is 6. The number of aliphatic hydroxyl groups excluding tert-OH is 6. The van der Waals surface area contributed by atoms with Gasteiger partial charge in [-0.05, 0) is 139 Å². The number of hydrogen-bond acceptors (Lipinski definition) is 29. The lowest BCUT2D eigenvalue weighted by molar-refractivity contribution is -0.334. The highest BCUT2D eigenvalue weighted by Gasteiger charge is 2.52. The number of amides is 9. The SMILES string of the molecule is CN[C@H](CC(C)C)C(=O)N[C@H]1C(=O)N[C@@H](CC(N)=O)C(=O)N[C@H]2C(=O)N[C@H]3C(=O)N[C@H](C(=O)N[C@@H](C(=O)NN(C)C)c4cc(O)cc(O)c4-c4cc3ccc4O)[C@H](O)c3ccc(c(Cl)c3)Oc3cc2cc(c3O[C@@H]2O[C@H](CO)[C@@H](O)[C@H](O)[C@H]2O[C@H]2C[C@](C)(NCc3cncc(C(=O)Nc4cccc(OC(C)(F)F)c4)c3)[C@H](O)[C@H](C)O2)Oc2ccc(cc2Cl)[C@H]1O. The number of carbonyl (C=O) groups excluding carboxylic acids is 9. The molecule has 7 aliphatic heterocycles. The Bertz CT molecular complexity index is 5290. The standard InChI is InChI=1S/C83H93Cl2F2N13O25/c1-34(2)18-49(89-6)74(112)97-64-66(106)38-13-16-53(47(84)21-38)120-55-23-40-24-56(70(55)124-81-71(69(109)68(108)57(33-101)122-81)123-59-29-82(4,72(110)35(3)119-59)91-31-36-19-41(32-90-30-36)73(111)92-42-10-9-11-44(25-42)125-83(5,86)87)121-54-17-14-39(22-48(54)85)67(107)65-79(117)96-63(80(118)99-100(7)8)46-26-43(102)27-52(104)60(46)45-20-37(12-15-51(45)103)61(76(114)98-65)95-77(115)62(40)94-75(113)50(28-58(88)105)93-78(64)116/h9-17,19-27,30,32,34-35,49-50,57,59,61-69,71-72,81,89,91,101-104,106-110H,18,28-29,31,33H2,1-8H3,(H2,88,105)(H,92,111)(H,93,116)(H,94,113)(H,95,115)(H,96,117)(H,97,112)(H,98,114)(H,99,118)/t35-,49+,50-,57+,59-,61+,62+,63+,64+,65-,66+,67+,68+,69-,71+,72+,81-,82-/m0/s1. The number of fused-ring (bicyclic) bond motifs is 15. The first-order valence-corrected chi connectivity index (χ1v) is 39.9. The van der Waals surface area contributed by atoms with Crippen molar-refractivity contribution < 1.29 is 131 Å². The first-order chi connectivity index (χ1) is 59.1. The molecule has 125 heavy (non-hydrogen) atoms. The highest BCUT2D eigenvalue weighted by molar-refractivity contribution is 6.32. The molecule has 0 unspecified atom stereocenters. The molecule has 6 aromatic carbocycles. The summed E-state index contributed by atoms with van der Waals surface area (Å²) in [6, 6.07) is 6.52. The minimum absolute atomic E-state index is 0.0286. The number of ether oxygens (including phenoxy) is 7.